The van der Waals surface area contributed by atoms with Gasteiger partial charge in [-0.05, 0) is 0 Å². The minimum absolute atomic E-state index is 0.199. The maximum atomic E-state index is 8.06. The number of rotatable bonds is 2. The van der Waals surface area contributed by atoms with Crippen molar-refractivity contribution < 1.29 is 0 Å². The fourth-order valence-corrected chi connectivity index (χ4v) is 0.172. The van der Waals surface area contributed by atoms with Crippen LogP contribution in [0.5, 0.6) is 0 Å². The van der Waals surface area contributed by atoms with Gasteiger partial charge in [-0.15, -0.1) is 0 Å². The molecule has 0 rings (SSSR count). The van der Waals surface area contributed by atoms with Gasteiger partial charge in [-0.25, -0.2) is 4.99 Å². The third-order valence-corrected chi connectivity index (χ3v) is 0.465. The van der Waals surface area contributed by atoms with Gasteiger partial charge in [0, 0.05) is 6.21 Å². The largest absolute Gasteiger partial charge is 0.246 e. The molecule has 0 aliphatic heterocycles. The van der Waals surface area contributed by atoms with E-state index in [4.69, 9.17) is 5.26 Å². The second-order valence-electron chi connectivity index (χ2n) is 1.07. The lowest BCUT2D eigenvalue weighted by Gasteiger charge is -1.74. The van der Waals surface area contributed by atoms with E-state index in [9.17, 15) is 0 Å². The van der Waals surface area contributed by atoms with E-state index in [1.54, 1.807) is 6.07 Å². The third-order valence-electron chi connectivity index (χ3n) is 0.465. The van der Waals surface area contributed by atoms with E-state index in [2.05, 4.69) is 18.2 Å². The van der Waals surface area contributed by atoms with Crippen LogP contribution >= 0.6 is 0 Å². The summed E-state index contributed by atoms with van der Waals surface area (Å²) in [6.45, 7) is 10.7. The molecule has 0 N–H and O–H groups in total. The van der Waals surface area contributed by atoms with Gasteiger partial charge < -0.3 is 0 Å². The highest BCUT2D eigenvalue weighted by atomic mass is 14.7. The predicted octanol–water partition coefficient (Wildman–Crippen LogP) is 2.31. The first-order chi connectivity index (χ1) is 4.81. The fraction of sp³-hybridized carbons (Fsp3) is 0.250. The Bertz CT molecular complexity index is 161. The first-order valence-electron chi connectivity index (χ1n) is 3.05. The van der Waals surface area contributed by atoms with Crippen LogP contribution in [0.4, 0.5) is 0 Å². The Morgan fingerprint density at radius 1 is 1.60 bits per heavy atom. The highest BCUT2D eigenvalue weighted by Crippen LogP contribution is 1.84. The molecule has 0 bridgehead atoms. The molecule has 0 aliphatic carbocycles. The maximum Gasteiger partial charge on any atom is 0.133 e. The molecular formula is C8H12N2. The molecule has 2 heteroatoms. The molecule has 2 nitrogen and oxygen atoms in total. The van der Waals surface area contributed by atoms with Gasteiger partial charge in [0.2, 0.25) is 0 Å². The normalized spacial score (nSPS) is 7.30. The van der Waals surface area contributed by atoms with Crippen LogP contribution in [0.3, 0.4) is 0 Å². The lowest BCUT2D eigenvalue weighted by Crippen LogP contribution is -1.66. The van der Waals surface area contributed by atoms with Crippen LogP contribution in [0.25, 0.3) is 0 Å². The van der Waals surface area contributed by atoms with Gasteiger partial charge in [0.05, 0.1) is 0 Å². The maximum absolute atomic E-state index is 8.06. The highest BCUT2D eigenvalue weighted by molar-refractivity contribution is 5.71. The minimum atomic E-state index is 0.199. The minimum Gasteiger partial charge on any atom is -0.246 e. The summed E-state index contributed by atoms with van der Waals surface area (Å²) in [7, 11) is 0. The first-order valence-corrected chi connectivity index (χ1v) is 3.05. The van der Waals surface area contributed by atoms with Crippen molar-refractivity contribution in [1.29, 1.82) is 5.26 Å². The van der Waals surface area contributed by atoms with E-state index in [1.807, 2.05) is 13.8 Å². The molecule has 0 heterocycles. The average molecular weight is 136 g/mol. The van der Waals surface area contributed by atoms with Crippen molar-refractivity contribution in [3.8, 4) is 6.07 Å². The van der Waals surface area contributed by atoms with Gasteiger partial charge in [-0.3, -0.25) is 0 Å². The lowest BCUT2D eigenvalue weighted by atomic mass is 10.5. The standard InChI is InChI=1S/C6H6N2.C2H6/c1-3-4-8-6(2)5-7;1-2/h3-4H,1-2H2;1-2H3. The molecule has 0 aliphatic rings. The number of nitriles is 1. The molecule has 0 saturated carbocycles. The van der Waals surface area contributed by atoms with Crippen LogP contribution in [0.1, 0.15) is 13.8 Å². The van der Waals surface area contributed by atoms with Gasteiger partial charge in [0.15, 0.2) is 0 Å². The number of allylic oxidation sites excluding steroid dienone is 2. The third kappa shape index (κ3) is 9.81. The molecule has 0 fully saturated rings. The van der Waals surface area contributed by atoms with Crippen molar-refractivity contribution in [3.05, 3.63) is 24.9 Å². The fourth-order valence-electron chi connectivity index (χ4n) is 0.172. The Balaban J connectivity index is 0. The smallest absolute Gasteiger partial charge is 0.133 e. The Kier molecular flexibility index (Phi) is 12.1. The van der Waals surface area contributed by atoms with Gasteiger partial charge >= 0.3 is 0 Å². The predicted molar refractivity (Wildman–Crippen MR) is 44.8 cm³/mol. The number of nitrogens with zero attached hydrogens (tertiary/aromatic N) is 2. The average Bonchev–Trinajstić information content (AvgIpc) is 2.04. The van der Waals surface area contributed by atoms with Crippen molar-refractivity contribution in [3.63, 3.8) is 0 Å². The molecule has 0 unspecified atom stereocenters. The van der Waals surface area contributed by atoms with Gasteiger partial charge in [0.25, 0.3) is 0 Å². The zero-order chi connectivity index (χ0) is 8.41. The van der Waals surface area contributed by atoms with Crippen LogP contribution in [0.15, 0.2) is 29.9 Å². The SMILES string of the molecule is C=CC=NC(=C)C#N.CC. The summed E-state index contributed by atoms with van der Waals surface area (Å²) >= 11 is 0. The summed E-state index contributed by atoms with van der Waals surface area (Å²) in [5, 5.41) is 8.06. The highest BCUT2D eigenvalue weighted by Gasteiger charge is 1.75. The second-order valence-corrected chi connectivity index (χ2v) is 1.07. The van der Waals surface area contributed by atoms with Crippen molar-refractivity contribution in [2.45, 2.75) is 13.8 Å². The molecule has 0 aromatic heterocycles. The number of hydrogen-bond acceptors (Lipinski definition) is 2. The van der Waals surface area contributed by atoms with Crippen LogP contribution < -0.4 is 0 Å². The Morgan fingerprint density at radius 3 is 2.40 bits per heavy atom. The van der Waals surface area contributed by atoms with Crippen LogP contribution in [-0.4, -0.2) is 6.21 Å². The van der Waals surface area contributed by atoms with Crippen LogP contribution in [-0.2, 0) is 0 Å². The Hall–Kier alpha value is -1.36. The van der Waals surface area contributed by atoms with Crippen LogP contribution in [0.2, 0.25) is 0 Å². The summed E-state index contributed by atoms with van der Waals surface area (Å²) in [5.74, 6) is 0. The molecule has 10 heavy (non-hydrogen) atoms. The van der Waals surface area contributed by atoms with Crippen molar-refractivity contribution in [2.24, 2.45) is 4.99 Å². The second kappa shape index (κ2) is 10.6. The lowest BCUT2D eigenvalue weighted by molar-refractivity contribution is 1.41. The quantitative estimate of drug-likeness (QED) is 0.424. The van der Waals surface area contributed by atoms with Gasteiger partial charge in [0.1, 0.15) is 11.8 Å². The number of hydrogen-bond donors (Lipinski definition) is 0. The van der Waals surface area contributed by atoms with Crippen molar-refractivity contribution in [2.75, 3.05) is 0 Å². The summed E-state index contributed by atoms with van der Waals surface area (Å²) < 4.78 is 0. The van der Waals surface area contributed by atoms with E-state index in [0.717, 1.165) is 0 Å². The molecule has 0 spiro atoms. The Labute approximate surface area is 62.2 Å². The molecular weight excluding hydrogens is 124 g/mol. The van der Waals surface area contributed by atoms with E-state index >= 15 is 0 Å². The molecule has 0 aromatic carbocycles. The van der Waals surface area contributed by atoms with Gasteiger partial charge in [-0.2, -0.15) is 5.26 Å². The van der Waals surface area contributed by atoms with E-state index in [0.29, 0.717) is 0 Å². The van der Waals surface area contributed by atoms with E-state index in [1.165, 1.54) is 12.3 Å². The zero-order valence-corrected chi connectivity index (χ0v) is 6.46. The molecule has 0 atom stereocenters. The van der Waals surface area contributed by atoms with E-state index in [-0.39, 0.29) is 5.70 Å². The van der Waals surface area contributed by atoms with Gasteiger partial charge in [-0.1, -0.05) is 33.1 Å². The summed E-state index contributed by atoms with van der Waals surface area (Å²) in [4.78, 5) is 3.56. The summed E-state index contributed by atoms with van der Waals surface area (Å²) in [6.07, 6.45) is 2.91. The van der Waals surface area contributed by atoms with Crippen molar-refractivity contribution in [1.82, 2.24) is 0 Å². The molecule has 0 amide bonds. The van der Waals surface area contributed by atoms with Crippen molar-refractivity contribution >= 4 is 6.21 Å². The Morgan fingerprint density at radius 2 is 2.10 bits per heavy atom. The number of aliphatic imine (C=N–C) groups is 1. The molecule has 0 saturated heterocycles. The topological polar surface area (TPSA) is 36.1 Å². The zero-order valence-electron chi connectivity index (χ0n) is 6.46. The monoisotopic (exact) mass is 136 g/mol. The summed E-state index contributed by atoms with van der Waals surface area (Å²) in [6, 6.07) is 1.76. The molecule has 54 valence electrons. The first kappa shape index (κ1) is 11.4. The molecule has 0 aromatic rings. The molecule has 0 radical (unpaired) electrons. The van der Waals surface area contributed by atoms with Crippen LogP contribution in [0, 0.1) is 11.3 Å². The summed E-state index contributed by atoms with van der Waals surface area (Å²) in [5.41, 5.74) is 0.199. The van der Waals surface area contributed by atoms with E-state index < -0.39 is 0 Å².